The third-order valence-corrected chi connectivity index (χ3v) is 4.71. The van der Waals surface area contributed by atoms with Crippen LogP contribution in [0.25, 0.3) is 0 Å². The van der Waals surface area contributed by atoms with E-state index in [4.69, 9.17) is 4.74 Å². The summed E-state index contributed by atoms with van der Waals surface area (Å²) in [6.07, 6.45) is 6.54. The van der Waals surface area contributed by atoms with Gasteiger partial charge in [-0.15, -0.1) is 0 Å². The number of ether oxygens (including phenoxy) is 1. The molecule has 0 spiro atoms. The molecule has 1 aliphatic rings. The fourth-order valence-electron chi connectivity index (χ4n) is 2.82. The molecule has 108 valence electrons. The Morgan fingerprint density at radius 1 is 1.32 bits per heavy atom. The van der Waals surface area contributed by atoms with E-state index in [9.17, 15) is 0 Å². The summed E-state index contributed by atoms with van der Waals surface area (Å²) in [4.78, 5) is 4.45. The third-order valence-electron chi connectivity index (χ3n) is 4.03. The number of nitrogens with one attached hydrogen (secondary N) is 1. The summed E-state index contributed by atoms with van der Waals surface area (Å²) in [6, 6.07) is 0.562. The summed E-state index contributed by atoms with van der Waals surface area (Å²) in [6.45, 7) is 5.19. The molecular weight excluding hydrogens is 258 g/mol. The lowest BCUT2D eigenvalue weighted by Gasteiger charge is -2.18. The van der Waals surface area contributed by atoms with Gasteiger partial charge in [0.2, 0.25) is 5.13 Å². The first-order chi connectivity index (χ1) is 9.19. The molecule has 19 heavy (non-hydrogen) atoms. The highest BCUT2D eigenvalue weighted by atomic mass is 32.1. The second kappa shape index (κ2) is 7.20. The zero-order valence-corrected chi connectivity index (χ0v) is 13.0. The average Bonchev–Trinajstić information content (AvgIpc) is 2.67. The van der Waals surface area contributed by atoms with E-state index in [-0.39, 0.29) is 0 Å². The summed E-state index contributed by atoms with van der Waals surface area (Å²) in [7, 11) is 1.67. The summed E-state index contributed by atoms with van der Waals surface area (Å²) in [5.74, 6) is 2.49. The Labute approximate surface area is 120 Å². The van der Waals surface area contributed by atoms with Crippen molar-refractivity contribution < 1.29 is 4.74 Å². The van der Waals surface area contributed by atoms with Gasteiger partial charge >= 0.3 is 0 Å². The summed E-state index contributed by atoms with van der Waals surface area (Å²) >= 11 is 1.44. The minimum absolute atomic E-state index is 0.498. The molecule has 2 rings (SSSR count). The standard InChI is InChI=1S/C14H25N3OS/c1-10(2)11-5-4-6-12(8-7-11)15-14-16-13(9-18-3)17-19-14/h10-12H,4-9H2,1-3H3,(H,15,16,17). The highest BCUT2D eigenvalue weighted by molar-refractivity contribution is 7.09. The topological polar surface area (TPSA) is 47.0 Å². The van der Waals surface area contributed by atoms with Gasteiger partial charge in [0.05, 0.1) is 0 Å². The van der Waals surface area contributed by atoms with Crippen molar-refractivity contribution in [1.82, 2.24) is 9.36 Å². The largest absolute Gasteiger partial charge is 0.377 e. The first-order valence-electron chi connectivity index (χ1n) is 7.27. The molecule has 0 bridgehead atoms. The first-order valence-corrected chi connectivity index (χ1v) is 8.04. The maximum Gasteiger partial charge on any atom is 0.202 e. The van der Waals surface area contributed by atoms with Crippen LogP contribution in [0.3, 0.4) is 0 Å². The molecule has 2 unspecified atom stereocenters. The van der Waals surface area contributed by atoms with Gasteiger partial charge in [-0.3, -0.25) is 0 Å². The van der Waals surface area contributed by atoms with Gasteiger partial charge in [0.25, 0.3) is 0 Å². The molecule has 2 atom stereocenters. The van der Waals surface area contributed by atoms with Crippen LogP contribution in [0.15, 0.2) is 0 Å². The van der Waals surface area contributed by atoms with Gasteiger partial charge in [-0.25, -0.2) is 4.98 Å². The summed E-state index contributed by atoms with van der Waals surface area (Å²) in [5.41, 5.74) is 0. The van der Waals surface area contributed by atoms with Crippen LogP contribution in [0.4, 0.5) is 5.13 Å². The Hall–Kier alpha value is -0.680. The van der Waals surface area contributed by atoms with E-state index in [1.807, 2.05) is 0 Å². The van der Waals surface area contributed by atoms with E-state index in [0.29, 0.717) is 12.6 Å². The van der Waals surface area contributed by atoms with Crippen LogP contribution in [-0.2, 0) is 11.3 Å². The minimum atomic E-state index is 0.498. The van der Waals surface area contributed by atoms with E-state index < -0.39 is 0 Å². The first kappa shape index (κ1) is 14.7. The molecule has 1 fully saturated rings. The fourth-order valence-corrected chi connectivity index (χ4v) is 3.47. The van der Waals surface area contributed by atoms with Gasteiger partial charge in [0.15, 0.2) is 5.82 Å². The Morgan fingerprint density at radius 3 is 2.89 bits per heavy atom. The van der Waals surface area contributed by atoms with Gasteiger partial charge in [-0.1, -0.05) is 26.7 Å². The molecule has 4 nitrogen and oxygen atoms in total. The minimum Gasteiger partial charge on any atom is -0.377 e. The van der Waals surface area contributed by atoms with Gasteiger partial charge < -0.3 is 10.1 Å². The lowest BCUT2D eigenvalue weighted by Crippen LogP contribution is -2.18. The molecule has 1 N–H and O–H groups in total. The monoisotopic (exact) mass is 283 g/mol. The van der Waals surface area contributed by atoms with Crippen LogP contribution in [0.2, 0.25) is 0 Å². The highest BCUT2D eigenvalue weighted by Crippen LogP contribution is 2.30. The van der Waals surface area contributed by atoms with E-state index in [0.717, 1.165) is 22.8 Å². The van der Waals surface area contributed by atoms with Crippen LogP contribution in [0, 0.1) is 11.8 Å². The number of hydrogen-bond donors (Lipinski definition) is 1. The van der Waals surface area contributed by atoms with Crippen molar-refractivity contribution >= 4 is 16.7 Å². The van der Waals surface area contributed by atoms with Crippen molar-refractivity contribution in [2.24, 2.45) is 11.8 Å². The lowest BCUT2D eigenvalue weighted by atomic mass is 9.89. The number of hydrogen-bond acceptors (Lipinski definition) is 5. The van der Waals surface area contributed by atoms with Gasteiger partial charge in [0, 0.05) is 24.7 Å². The van der Waals surface area contributed by atoms with Crippen molar-refractivity contribution in [3.05, 3.63) is 5.82 Å². The molecular formula is C14H25N3OS. The predicted molar refractivity (Wildman–Crippen MR) is 79.4 cm³/mol. The van der Waals surface area contributed by atoms with Crippen molar-refractivity contribution in [2.75, 3.05) is 12.4 Å². The molecule has 0 amide bonds. The van der Waals surface area contributed by atoms with Crippen LogP contribution < -0.4 is 5.32 Å². The number of aromatic nitrogens is 2. The quantitative estimate of drug-likeness (QED) is 0.837. The molecule has 1 aromatic heterocycles. The molecule has 0 radical (unpaired) electrons. The Bertz CT molecular complexity index is 381. The van der Waals surface area contributed by atoms with E-state index >= 15 is 0 Å². The average molecular weight is 283 g/mol. The van der Waals surface area contributed by atoms with E-state index in [1.54, 1.807) is 7.11 Å². The van der Waals surface area contributed by atoms with Gasteiger partial charge in [-0.05, 0) is 31.1 Å². The van der Waals surface area contributed by atoms with Crippen LogP contribution in [0.5, 0.6) is 0 Å². The van der Waals surface area contributed by atoms with Crippen molar-refractivity contribution in [1.29, 1.82) is 0 Å². The number of anilines is 1. The summed E-state index contributed by atoms with van der Waals surface area (Å²) in [5, 5.41) is 4.49. The molecule has 1 saturated carbocycles. The molecule has 0 aliphatic heterocycles. The van der Waals surface area contributed by atoms with E-state index in [2.05, 4.69) is 28.5 Å². The molecule has 1 aromatic rings. The molecule has 0 saturated heterocycles. The lowest BCUT2D eigenvalue weighted by molar-refractivity contribution is 0.179. The third kappa shape index (κ3) is 4.42. The van der Waals surface area contributed by atoms with Gasteiger partial charge in [0.1, 0.15) is 6.61 Å². The number of nitrogens with zero attached hydrogens (tertiary/aromatic N) is 2. The van der Waals surface area contributed by atoms with Crippen LogP contribution in [-0.4, -0.2) is 22.5 Å². The van der Waals surface area contributed by atoms with Crippen molar-refractivity contribution in [3.8, 4) is 0 Å². The maximum absolute atomic E-state index is 5.05. The van der Waals surface area contributed by atoms with Gasteiger partial charge in [-0.2, -0.15) is 4.37 Å². The van der Waals surface area contributed by atoms with Crippen molar-refractivity contribution in [3.63, 3.8) is 0 Å². The van der Waals surface area contributed by atoms with Crippen LogP contribution in [0.1, 0.15) is 51.8 Å². The Balaban J connectivity index is 1.85. The zero-order chi connectivity index (χ0) is 13.7. The number of methoxy groups -OCH3 is 1. The Kier molecular flexibility index (Phi) is 5.58. The molecule has 1 aliphatic carbocycles. The smallest absolute Gasteiger partial charge is 0.202 e. The second-order valence-corrected chi connectivity index (χ2v) is 6.55. The maximum atomic E-state index is 5.05. The molecule has 1 heterocycles. The number of rotatable bonds is 5. The summed E-state index contributed by atoms with van der Waals surface area (Å²) < 4.78 is 9.33. The molecule has 5 heteroatoms. The Morgan fingerprint density at radius 2 is 2.16 bits per heavy atom. The SMILES string of the molecule is COCc1nsc(NC2CCCC(C(C)C)CC2)n1. The van der Waals surface area contributed by atoms with E-state index in [1.165, 1.54) is 43.6 Å². The fraction of sp³-hybridized carbons (Fsp3) is 0.857. The van der Waals surface area contributed by atoms with Crippen LogP contribution >= 0.6 is 11.5 Å². The zero-order valence-electron chi connectivity index (χ0n) is 12.2. The highest BCUT2D eigenvalue weighted by Gasteiger charge is 2.21. The normalized spacial score (nSPS) is 24.4. The van der Waals surface area contributed by atoms with Crippen molar-refractivity contribution in [2.45, 2.75) is 58.6 Å². The second-order valence-electron chi connectivity index (χ2n) is 5.80. The predicted octanol–water partition coefficient (Wildman–Crippen LogP) is 3.70. The molecule has 0 aromatic carbocycles.